The van der Waals surface area contributed by atoms with Crippen LogP contribution in [0.15, 0.2) is 54.6 Å². The largest absolute Gasteiger partial charge is 0.481 e. The number of carbonyl (C=O) groups is 1. The lowest BCUT2D eigenvalue weighted by atomic mass is 9.96. The van der Waals surface area contributed by atoms with Gasteiger partial charge in [-0.1, -0.05) is 30.3 Å². The summed E-state index contributed by atoms with van der Waals surface area (Å²) < 4.78 is 12.8. The van der Waals surface area contributed by atoms with Gasteiger partial charge in [0.25, 0.3) is 0 Å². The Kier molecular flexibility index (Phi) is 4.71. The normalized spacial score (nSPS) is 11.8. The van der Waals surface area contributed by atoms with Crippen LogP contribution in [0.25, 0.3) is 0 Å². The van der Waals surface area contributed by atoms with E-state index < -0.39 is 11.9 Å². The quantitative estimate of drug-likeness (QED) is 0.847. The first-order valence-electron chi connectivity index (χ1n) is 6.44. The lowest BCUT2D eigenvalue weighted by molar-refractivity contribution is -0.138. The fraction of sp³-hybridized carbons (Fsp3) is 0.188. The molecule has 0 aliphatic heterocycles. The molecule has 2 aromatic carbocycles. The van der Waals surface area contributed by atoms with Gasteiger partial charge in [-0.25, -0.2) is 4.39 Å². The maximum Gasteiger partial charge on any atom is 0.311 e. The summed E-state index contributed by atoms with van der Waals surface area (Å²) >= 11 is 0. The molecule has 104 valence electrons. The van der Waals surface area contributed by atoms with Crippen LogP contribution in [-0.4, -0.2) is 17.6 Å². The number of hydrogen-bond acceptors (Lipinski definition) is 2. The van der Waals surface area contributed by atoms with Crippen LogP contribution in [0.2, 0.25) is 0 Å². The van der Waals surface area contributed by atoms with E-state index >= 15 is 0 Å². The van der Waals surface area contributed by atoms with Crippen molar-refractivity contribution in [2.75, 3.05) is 11.9 Å². The van der Waals surface area contributed by atoms with Crippen molar-refractivity contribution in [1.82, 2.24) is 0 Å². The number of anilines is 1. The molecule has 0 fully saturated rings. The Labute approximate surface area is 117 Å². The Morgan fingerprint density at radius 3 is 2.35 bits per heavy atom. The standard InChI is InChI=1S/C16H16FNO2/c17-13-6-8-14(9-7-13)18-11-10-15(16(19)20)12-4-2-1-3-5-12/h1-9,15,18H,10-11H2,(H,19,20). The van der Waals surface area contributed by atoms with Crippen molar-refractivity contribution in [3.63, 3.8) is 0 Å². The van der Waals surface area contributed by atoms with Crippen molar-refractivity contribution in [3.05, 3.63) is 66.0 Å². The number of aliphatic carboxylic acids is 1. The maximum atomic E-state index is 12.8. The van der Waals surface area contributed by atoms with E-state index in [-0.39, 0.29) is 5.82 Å². The second-order valence-electron chi connectivity index (χ2n) is 4.52. The van der Waals surface area contributed by atoms with Crippen LogP contribution in [0.1, 0.15) is 17.9 Å². The number of nitrogens with one attached hydrogen (secondary N) is 1. The van der Waals surface area contributed by atoms with Crippen LogP contribution < -0.4 is 5.32 Å². The zero-order valence-electron chi connectivity index (χ0n) is 10.9. The minimum atomic E-state index is -0.836. The highest BCUT2D eigenvalue weighted by Crippen LogP contribution is 2.20. The second kappa shape index (κ2) is 6.70. The number of halogens is 1. The summed E-state index contributed by atoms with van der Waals surface area (Å²) in [5.41, 5.74) is 1.57. The Bertz CT molecular complexity index is 554. The average molecular weight is 273 g/mol. The van der Waals surface area contributed by atoms with Gasteiger partial charge in [-0.15, -0.1) is 0 Å². The van der Waals surface area contributed by atoms with Gasteiger partial charge in [0.15, 0.2) is 0 Å². The predicted octanol–water partition coefficient (Wildman–Crippen LogP) is 3.50. The van der Waals surface area contributed by atoms with Gasteiger partial charge in [0, 0.05) is 12.2 Å². The summed E-state index contributed by atoms with van der Waals surface area (Å²) in [6, 6.07) is 15.2. The first-order valence-corrected chi connectivity index (χ1v) is 6.44. The molecule has 3 nitrogen and oxygen atoms in total. The molecule has 4 heteroatoms. The minimum Gasteiger partial charge on any atom is -0.481 e. The van der Waals surface area contributed by atoms with Crippen molar-refractivity contribution < 1.29 is 14.3 Å². The van der Waals surface area contributed by atoms with E-state index in [4.69, 9.17) is 0 Å². The Morgan fingerprint density at radius 1 is 1.10 bits per heavy atom. The van der Waals surface area contributed by atoms with E-state index in [1.54, 1.807) is 12.1 Å². The van der Waals surface area contributed by atoms with E-state index in [1.165, 1.54) is 12.1 Å². The van der Waals surface area contributed by atoms with Crippen LogP contribution in [0, 0.1) is 5.82 Å². The van der Waals surface area contributed by atoms with Gasteiger partial charge in [-0.05, 0) is 36.2 Å². The van der Waals surface area contributed by atoms with Gasteiger partial charge < -0.3 is 10.4 Å². The molecular weight excluding hydrogens is 257 g/mol. The van der Waals surface area contributed by atoms with Crippen LogP contribution in [0.4, 0.5) is 10.1 Å². The highest BCUT2D eigenvalue weighted by Gasteiger charge is 2.18. The molecule has 0 amide bonds. The molecule has 0 aliphatic carbocycles. The molecule has 1 unspecified atom stereocenters. The summed E-state index contributed by atoms with van der Waals surface area (Å²) in [6.45, 7) is 0.511. The van der Waals surface area contributed by atoms with Crippen LogP contribution in [0.3, 0.4) is 0 Å². The summed E-state index contributed by atoms with van der Waals surface area (Å²) in [5.74, 6) is -1.66. The van der Waals surface area contributed by atoms with Crippen molar-refractivity contribution in [1.29, 1.82) is 0 Å². The summed E-state index contributed by atoms with van der Waals surface area (Å²) in [6.07, 6.45) is 0.469. The molecule has 0 bridgehead atoms. The number of benzene rings is 2. The van der Waals surface area contributed by atoms with E-state index in [0.717, 1.165) is 11.3 Å². The molecule has 0 saturated heterocycles. The molecule has 20 heavy (non-hydrogen) atoms. The molecule has 2 aromatic rings. The Balaban J connectivity index is 1.93. The summed E-state index contributed by atoms with van der Waals surface area (Å²) in [5, 5.41) is 12.4. The van der Waals surface area contributed by atoms with Gasteiger partial charge in [-0.2, -0.15) is 0 Å². The Morgan fingerprint density at radius 2 is 1.75 bits per heavy atom. The van der Waals surface area contributed by atoms with Crippen molar-refractivity contribution >= 4 is 11.7 Å². The van der Waals surface area contributed by atoms with Crippen molar-refractivity contribution in [2.24, 2.45) is 0 Å². The van der Waals surface area contributed by atoms with Gasteiger partial charge in [0.1, 0.15) is 5.82 Å². The van der Waals surface area contributed by atoms with Crippen LogP contribution in [-0.2, 0) is 4.79 Å². The van der Waals surface area contributed by atoms with Crippen molar-refractivity contribution in [3.8, 4) is 0 Å². The fourth-order valence-corrected chi connectivity index (χ4v) is 2.05. The van der Waals surface area contributed by atoms with E-state index in [0.29, 0.717) is 13.0 Å². The van der Waals surface area contributed by atoms with E-state index in [2.05, 4.69) is 5.32 Å². The maximum absolute atomic E-state index is 12.8. The zero-order valence-corrected chi connectivity index (χ0v) is 10.9. The smallest absolute Gasteiger partial charge is 0.311 e. The van der Waals surface area contributed by atoms with E-state index in [1.807, 2.05) is 30.3 Å². The molecule has 1 atom stereocenters. The van der Waals surface area contributed by atoms with Gasteiger partial charge in [0.05, 0.1) is 5.92 Å². The first kappa shape index (κ1) is 14.1. The third-order valence-electron chi connectivity index (χ3n) is 3.11. The van der Waals surface area contributed by atoms with Gasteiger partial charge in [-0.3, -0.25) is 4.79 Å². The average Bonchev–Trinajstić information content (AvgIpc) is 2.46. The molecule has 2 rings (SSSR count). The van der Waals surface area contributed by atoms with Crippen molar-refractivity contribution in [2.45, 2.75) is 12.3 Å². The molecule has 2 N–H and O–H groups in total. The predicted molar refractivity (Wildman–Crippen MR) is 76.3 cm³/mol. The second-order valence-corrected chi connectivity index (χ2v) is 4.52. The molecule has 0 aliphatic rings. The molecule has 0 radical (unpaired) electrons. The molecule has 0 saturated carbocycles. The summed E-state index contributed by atoms with van der Waals surface area (Å²) in [4.78, 5) is 11.3. The van der Waals surface area contributed by atoms with E-state index in [9.17, 15) is 14.3 Å². The lowest BCUT2D eigenvalue weighted by Gasteiger charge is -2.13. The summed E-state index contributed by atoms with van der Waals surface area (Å²) in [7, 11) is 0. The monoisotopic (exact) mass is 273 g/mol. The highest BCUT2D eigenvalue weighted by atomic mass is 19.1. The van der Waals surface area contributed by atoms with Gasteiger partial charge >= 0.3 is 5.97 Å². The third-order valence-corrected chi connectivity index (χ3v) is 3.11. The molecular formula is C16H16FNO2. The van der Waals surface area contributed by atoms with Crippen LogP contribution >= 0.6 is 0 Å². The van der Waals surface area contributed by atoms with Gasteiger partial charge in [0.2, 0.25) is 0 Å². The SMILES string of the molecule is O=C(O)C(CCNc1ccc(F)cc1)c1ccccc1. The fourth-order valence-electron chi connectivity index (χ4n) is 2.05. The minimum absolute atomic E-state index is 0.289. The zero-order chi connectivity index (χ0) is 14.4. The molecule has 0 heterocycles. The number of carboxylic acids is 1. The first-order chi connectivity index (χ1) is 9.66. The third kappa shape index (κ3) is 3.82. The molecule has 0 spiro atoms. The number of carboxylic acid groups (broad SMARTS) is 1. The highest BCUT2D eigenvalue weighted by molar-refractivity contribution is 5.76. The lowest BCUT2D eigenvalue weighted by Crippen LogP contribution is -2.16. The Hall–Kier alpha value is -2.36. The molecule has 0 aromatic heterocycles. The van der Waals surface area contributed by atoms with Crippen LogP contribution in [0.5, 0.6) is 0 Å². The number of rotatable bonds is 6. The topological polar surface area (TPSA) is 49.3 Å². The number of hydrogen-bond donors (Lipinski definition) is 2.